The van der Waals surface area contributed by atoms with Crippen LogP contribution in [0.4, 0.5) is 0 Å². The molecule has 2 heterocycles. The lowest BCUT2D eigenvalue weighted by Gasteiger charge is -2.04. The third-order valence-electron chi connectivity index (χ3n) is 3.26. The molecule has 20 heavy (non-hydrogen) atoms. The number of imidazole rings is 1. The van der Waals surface area contributed by atoms with E-state index in [4.69, 9.17) is 0 Å². The summed E-state index contributed by atoms with van der Waals surface area (Å²) in [6, 6.07) is 11.8. The first-order valence-corrected chi connectivity index (χ1v) is 7.36. The van der Waals surface area contributed by atoms with Gasteiger partial charge in [-0.15, -0.1) is 11.3 Å². The molecule has 2 aromatic heterocycles. The Bertz CT molecular complexity index is 731. The molecule has 1 N–H and O–H groups in total. The summed E-state index contributed by atoms with van der Waals surface area (Å²) in [5, 5.41) is 4.83. The zero-order valence-electron chi connectivity index (χ0n) is 11.2. The van der Waals surface area contributed by atoms with Gasteiger partial charge in [0.2, 0.25) is 0 Å². The third-order valence-corrected chi connectivity index (χ3v) is 4.13. The SMILES string of the molecule is Cn1c(CCNC(=O)c2cccs2)nc2ccccc21. The van der Waals surface area contributed by atoms with Crippen LogP contribution in [0.1, 0.15) is 15.5 Å². The second-order valence-electron chi connectivity index (χ2n) is 4.56. The zero-order valence-corrected chi connectivity index (χ0v) is 12.0. The van der Waals surface area contributed by atoms with Gasteiger partial charge in [0.25, 0.3) is 5.91 Å². The lowest BCUT2D eigenvalue weighted by atomic mass is 10.3. The van der Waals surface area contributed by atoms with Crippen LogP contribution >= 0.6 is 11.3 Å². The highest BCUT2D eigenvalue weighted by Crippen LogP contribution is 2.14. The highest BCUT2D eigenvalue weighted by molar-refractivity contribution is 7.12. The number of amides is 1. The molecule has 1 aromatic carbocycles. The van der Waals surface area contributed by atoms with Crippen LogP contribution in [-0.4, -0.2) is 22.0 Å². The maximum absolute atomic E-state index is 11.8. The average molecular weight is 285 g/mol. The largest absolute Gasteiger partial charge is 0.351 e. The van der Waals surface area contributed by atoms with Crippen LogP contribution in [0, 0.1) is 0 Å². The summed E-state index contributed by atoms with van der Waals surface area (Å²) in [6.07, 6.45) is 0.724. The lowest BCUT2D eigenvalue weighted by molar-refractivity contribution is 0.0958. The number of aryl methyl sites for hydroxylation is 1. The molecule has 3 rings (SSSR count). The van der Waals surface area contributed by atoms with Crippen molar-refractivity contribution in [1.29, 1.82) is 0 Å². The molecule has 0 spiro atoms. The fourth-order valence-electron chi connectivity index (χ4n) is 2.20. The number of para-hydroxylation sites is 2. The van der Waals surface area contributed by atoms with E-state index in [0.717, 1.165) is 28.2 Å². The Morgan fingerprint density at radius 3 is 2.90 bits per heavy atom. The van der Waals surface area contributed by atoms with Crippen molar-refractivity contribution in [3.05, 3.63) is 52.5 Å². The summed E-state index contributed by atoms with van der Waals surface area (Å²) in [5.41, 5.74) is 2.11. The maximum atomic E-state index is 11.8. The fourth-order valence-corrected chi connectivity index (χ4v) is 2.84. The molecule has 0 bridgehead atoms. The second-order valence-corrected chi connectivity index (χ2v) is 5.51. The molecule has 1 amide bonds. The Kier molecular flexibility index (Phi) is 3.52. The summed E-state index contributed by atoms with van der Waals surface area (Å²) in [5.74, 6) is 0.969. The predicted octanol–water partition coefficient (Wildman–Crippen LogP) is 2.61. The van der Waals surface area contributed by atoms with Gasteiger partial charge in [-0.05, 0) is 23.6 Å². The number of thiophene rings is 1. The molecule has 0 saturated heterocycles. The van der Waals surface area contributed by atoms with Gasteiger partial charge in [-0.2, -0.15) is 0 Å². The van der Waals surface area contributed by atoms with E-state index in [2.05, 4.69) is 20.9 Å². The summed E-state index contributed by atoms with van der Waals surface area (Å²) in [4.78, 5) is 17.2. The quantitative estimate of drug-likeness (QED) is 0.801. The molecule has 0 aliphatic carbocycles. The standard InChI is InChI=1S/C15H15N3OS/c1-18-12-6-3-2-5-11(12)17-14(18)8-9-16-15(19)13-7-4-10-20-13/h2-7,10H,8-9H2,1H3,(H,16,19). The van der Waals surface area contributed by atoms with Crippen molar-refractivity contribution in [2.45, 2.75) is 6.42 Å². The van der Waals surface area contributed by atoms with Gasteiger partial charge in [-0.25, -0.2) is 4.98 Å². The molecule has 0 aliphatic heterocycles. The first-order valence-electron chi connectivity index (χ1n) is 6.48. The van der Waals surface area contributed by atoms with Crippen LogP contribution in [0.3, 0.4) is 0 Å². The van der Waals surface area contributed by atoms with Crippen LogP contribution in [0.15, 0.2) is 41.8 Å². The Hall–Kier alpha value is -2.14. The van der Waals surface area contributed by atoms with Crippen LogP contribution in [0.25, 0.3) is 11.0 Å². The van der Waals surface area contributed by atoms with Crippen molar-refractivity contribution >= 4 is 28.3 Å². The van der Waals surface area contributed by atoms with Gasteiger partial charge in [0.05, 0.1) is 15.9 Å². The molecule has 0 aliphatic rings. The van der Waals surface area contributed by atoms with E-state index < -0.39 is 0 Å². The van der Waals surface area contributed by atoms with Crippen molar-refractivity contribution in [2.75, 3.05) is 6.54 Å². The molecular weight excluding hydrogens is 270 g/mol. The van der Waals surface area contributed by atoms with Gasteiger partial charge < -0.3 is 9.88 Å². The number of nitrogens with one attached hydrogen (secondary N) is 1. The lowest BCUT2D eigenvalue weighted by Crippen LogP contribution is -2.25. The summed E-state index contributed by atoms with van der Waals surface area (Å²) in [7, 11) is 2.01. The van der Waals surface area contributed by atoms with E-state index in [0.29, 0.717) is 6.54 Å². The normalized spacial score (nSPS) is 10.8. The number of nitrogens with zero attached hydrogens (tertiary/aromatic N) is 2. The zero-order chi connectivity index (χ0) is 13.9. The van der Waals surface area contributed by atoms with Crippen LogP contribution in [-0.2, 0) is 13.5 Å². The van der Waals surface area contributed by atoms with Crippen LogP contribution < -0.4 is 5.32 Å². The number of carbonyl (C=O) groups is 1. The average Bonchev–Trinajstić information content (AvgIpc) is 3.09. The Morgan fingerprint density at radius 2 is 2.15 bits per heavy atom. The summed E-state index contributed by atoms with van der Waals surface area (Å²) in [6.45, 7) is 0.591. The molecule has 3 aromatic rings. The van der Waals surface area contributed by atoms with Gasteiger partial charge in [0.15, 0.2) is 0 Å². The van der Waals surface area contributed by atoms with Crippen LogP contribution in [0.5, 0.6) is 0 Å². The van der Waals surface area contributed by atoms with E-state index in [1.807, 2.05) is 42.8 Å². The summed E-state index contributed by atoms with van der Waals surface area (Å²) >= 11 is 1.45. The van der Waals surface area contributed by atoms with Gasteiger partial charge >= 0.3 is 0 Å². The van der Waals surface area contributed by atoms with Crippen molar-refractivity contribution < 1.29 is 4.79 Å². The second kappa shape index (κ2) is 5.46. The maximum Gasteiger partial charge on any atom is 0.261 e. The van der Waals surface area contributed by atoms with E-state index in [9.17, 15) is 4.79 Å². The van der Waals surface area contributed by atoms with Crippen LogP contribution in [0.2, 0.25) is 0 Å². The topological polar surface area (TPSA) is 46.9 Å². The van der Waals surface area contributed by atoms with Gasteiger partial charge in [0.1, 0.15) is 5.82 Å². The Balaban J connectivity index is 1.65. The summed E-state index contributed by atoms with van der Waals surface area (Å²) < 4.78 is 2.08. The molecule has 0 radical (unpaired) electrons. The molecule has 5 heteroatoms. The van der Waals surface area contributed by atoms with E-state index in [-0.39, 0.29) is 5.91 Å². The molecular formula is C15H15N3OS. The van der Waals surface area contributed by atoms with Crippen molar-refractivity contribution in [3.63, 3.8) is 0 Å². The first-order chi connectivity index (χ1) is 9.75. The van der Waals surface area contributed by atoms with E-state index in [1.54, 1.807) is 0 Å². The fraction of sp³-hybridized carbons (Fsp3) is 0.200. The van der Waals surface area contributed by atoms with E-state index >= 15 is 0 Å². The first kappa shape index (κ1) is 12.9. The third kappa shape index (κ3) is 2.44. The number of hydrogen-bond acceptors (Lipinski definition) is 3. The van der Waals surface area contributed by atoms with Crippen molar-refractivity contribution in [1.82, 2.24) is 14.9 Å². The van der Waals surface area contributed by atoms with Crippen molar-refractivity contribution in [2.24, 2.45) is 7.05 Å². The number of benzene rings is 1. The number of carbonyl (C=O) groups excluding carboxylic acids is 1. The number of rotatable bonds is 4. The van der Waals surface area contributed by atoms with Gasteiger partial charge in [-0.3, -0.25) is 4.79 Å². The van der Waals surface area contributed by atoms with Gasteiger partial charge in [0, 0.05) is 20.0 Å². The van der Waals surface area contributed by atoms with Crippen molar-refractivity contribution in [3.8, 4) is 0 Å². The molecule has 0 unspecified atom stereocenters. The molecule has 4 nitrogen and oxygen atoms in total. The predicted molar refractivity (Wildman–Crippen MR) is 81.1 cm³/mol. The molecule has 102 valence electrons. The monoisotopic (exact) mass is 285 g/mol. The Labute approximate surface area is 121 Å². The number of hydrogen-bond donors (Lipinski definition) is 1. The highest BCUT2D eigenvalue weighted by atomic mass is 32.1. The van der Waals surface area contributed by atoms with E-state index in [1.165, 1.54) is 11.3 Å². The Morgan fingerprint density at radius 1 is 1.30 bits per heavy atom. The number of fused-ring (bicyclic) bond motifs is 1. The minimum absolute atomic E-state index is 0.0150. The molecule has 0 fully saturated rings. The molecule has 0 saturated carbocycles. The number of aromatic nitrogens is 2. The minimum Gasteiger partial charge on any atom is -0.351 e. The molecule has 0 atom stereocenters. The minimum atomic E-state index is -0.0150. The highest BCUT2D eigenvalue weighted by Gasteiger charge is 2.09. The van der Waals surface area contributed by atoms with Gasteiger partial charge in [-0.1, -0.05) is 18.2 Å². The smallest absolute Gasteiger partial charge is 0.261 e.